The van der Waals surface area contributed by atoms with E-state index in [0.29, 0.717) is 11.8 Å². The van der Waals surface area contributed by atoms with Gasteiger partial charge < -0.3 is 9.84 Å². The zero-order valence-corrected chi connectivity index (χ0v) is 7.53. The first-order valence-electron chi connectivity index (χ1n) is 4.90. The molecule has 1 heterocycles. The van der Waals surface area contributed by atoms with Crippen molar-refractivity contribution in [1.82, 2.24) is 5.32 Å². The first-order chi connectivity index (χ1) is 6.27. The number of nitrogens with one attached hydrogen (secondary N) is 1. The third-order valence-corrected chi connectivity index (χ3v) is 3.17. The molecule has 0 aromatic heterocycles. The minimum absolute atomic E-state index is 0.247. The predicted molar refractivity (Wildman–Crippen MR) is 46.3 cm³/mol. The lowest BCUT2D eigenvalue weighted by Gasteiger charge is -2.26. The first-order valence-corrected chi connectivity index (χ1v) is 4.90. The fourth-order valence-corrected chi connectivity index (χ4v) is 2.54. The Morgan fingerprint density at radius 1 is 1.38 bits per heavy atom. The molecule has 2 rings (SSSR count). The molecular formula is C9H15NO3. The van der Waals surface area contributed by atoms with Crippen LogP contribution in [0.15, 0.2) is 0 Å². The van der Waals surface area contributed by atoms with Crippen molar-refractivity contribution in [2.75, 3.05) is 6.54 Å². The summed E-state index contributed by atoms with van der Waals surface area (Å²) in [6, 6.07) is 0. The Morgan fingerprint density at radius 3 is 2.92 bits per heavy atom. The fraction of sp³-hybridized carbons (Fsp3) is 0.889. The maximum absolute atomic E-state index is 10.4. The Labute approximate surface area is 77.3 Å². The highest BCUT2D eigenvalue weighted by Crippen LogP contribution is 2.36. The van der Waals surface area contributed by atoms with Crippen molar-refractivity contribution in [3.63, 3.8) is 0 Å². The highest BCUT2D eigenvalue weighted by atomic mass is 16.7. The number of carboxylic acid groups (broad SMARTS) is 1. The van der Waals surface area contributed by atoms with Crippen molar-refractivity contribution in [2.45, 2.75) is 31.9 Å². The molecule has 0 spiro atoms. The summed E-state index contributed by atoms with van der Waals surface area (Å²) in [7, 11) is 0. The van der Waals surface area contributed by atoms with Crippen LogP contribution >= 0.6 is 0 Å². The van der Waals surface area contributed by atoms with E-state index in [9.17, 15) is 4.79 Å². The van der Waals surface area contributed by atoms with E-state index in [2.05, 4.69) is 5.32 Å². The highest BCUT2D eigenvalue weighted by Gasteiger charge is 2.39. The lowest BCUT2D eigenvalue weighted by Crippen LogP contribution is -2.33. The van der Waals surface area contributed by atoms with Crippen molar-refractivity contribution in [2.24, 2.45) is 11.8 Å². The van der Waals surface area contributed by atoms with Gasteiger partial charge in [0.1, 0.15) is 0 Å². The monoisotopic (exact) mass is 185 g/mol. The SMILES string of the molecule is O=C(O)O[C@@H]1NCC2CCCCC21. The fourth-order valence-electron chi connectivity index (χ4n) is 2.54. The van der Waals surface area contributed by atoms with Crippen LogP contribution in [-0.4, -0.2) is 24.0 Å². The third-order valence-electron chi connectivity index (χ3n) is 3.17. The van der Waals surface area contributed by atoms with Crippen molar-refractivity contribution in [1.29, 1.82) is 0 Å². The standard InChI is InChI=1S/C9H15NO3/c11-9(12)13-8-7-4-2-1-3-6(7)5-10-8/h6-8,10H,1-5H2,(H,11,12)/t6?,7?,8-/m0/s1. The molecule has 2 fully saturated rings. The summed E-state index contributed by atoms with van der Waals surface area (Å²) >= 11 is 0. The van der Waals surface area contributed by atoms with Crippen LogP contribution in [0.3, 0.4) is 0 Å². The van der Waals surface area contributed by atoms with Crippen LogP contribution in [0.25, 0.3) is 0 Å². The van der Waals surface area contributed by atoms with Gasteiger partial charge >= 0.3 is 6.16 Å². The average Bonchev–Trinajstić information content (AvgIpc) is 2.48. The van der Waals surface area contributed by atoms with Gasteiger partial charge in [0.2, 0.25) is 0 Å². The molecule has 0 amide bonds. The number of fused-ring (bicyclic) bond motifs is 1. The van der Waals surface area contributed by atoms with Crippen LogP contribution in [0, 0.1) is 11.8 Å². The Morgan fingerprint density at radius 2 is 2.15 bits per heavy atom. The van der Waals surface area contributed by atoms with E-state index in [1.54, 1.807) is 0 Å². The molecule has 0 aromatic carbocycles. The first kappa shape index (κ1) is 8.81. The van der Waals surface area contributed by atoms with Crippen LogP contribution in [0.4, 0.5) is 4.79 Å². The van der Waals surface area contributed by atoms with E-state index in [0.717, 1.165) is 13.0 Å². The number of ether oxygens (including phenoxy) is 1. The van der Waals surface area contributed by atoms with Crippen molar-refractivity contribution in [3.8, 4) is 0 Å². The van der Waals surface area contributed by atoms with Crippen LogP contribution in [0.2, 0.25) is 0 Å². The van der Waals surface area contributed by atoms with Gasteiger partial charge in [-0.1, -0.05) is 12.8 Å². The van der Waals surface area contributed by atoms with Gasteiger partial charge in [-0.3, -0.25) is 5.32 Å². The molecule has 4 nitrogen and oxygen atoms in total. The van der Waals surface area contributed by atoms with E-state index in [-0.39, 0.29) is 6.23 Å². The molecule has 13 heavy (non-hydrogen) atoms. The Bertz CT molecular complexity index is 207. The number of carbonyl (C=O) groups is 1. The van der Waals surface area contributed by atoms with Crippen molar-refractivity contribution in [3.05, 3.63) is 0 Å². The van der Waals surface area contributed by atoms with Gasteiger partial charge in [0.15, 0.2) is 6.23 Å². The van der Waals surface area contributed by atoms with E-state index in [1.165, 1.54) is 19.3 Å². The molecule has 2 unspecified atom stereocenters. The number of hydrogen-bond donors (Lipinski definition) is 2. The highest BCUT2D eigenvalue weighted by molar-refractivity contribution is 5.57. The molecule has 3 atom stereocenters. The quantitative estimate of drug-likeness (QED) is 0.606. The van der Waals surface area contributed by atoms with Crippen LogP contribution in [0.1, 0.15) is 25.7 Å². The number of rotatable bonds is 1. The summed E-state index contributed by atoms with van der Waals surface area (Å²) in [5, 5.41) is 11.6. The topological polar surface area (TPSA) is 58.6 Å². The van der Waals surface area contributed by atoms with Gasteiger partial charge in [-0.2, -0.15) is 0 Å². The summed E-state index contributed by atoms with van der Waals surface area (Å²) in [6.45, 7) is 0.919. The molecule has 0 radical (unpaired) electrons. The van der Waals surface area contributed by atoms with Gasteiger partial charge in [0, 0.05) is 12.5 Å². The molecule has 1 saturated carbocycles. The molecule has 1 saturated heterocycles. The lowest BCUT2D eigenvalue weighted by atomic mass is 9.81. The minimum atomic E-state index is -1.16. The molecule has 4 heteroatoms. The summed E-state index contributed by atoms with van der Waals surface area (Å²) < 4.78 is 4.79. The van der Waals surface area contributed by atoms with Crippen LogP contribution < -0.4 is 5.32 Å². The Kier molecular flexibility index (Phi) is 2.40. The molecule has 2 N–H and O–H groups in total. The zero-order chi connectivity index (χ0) is 9.26. The second kappa shape index (κ2) is 3.54. The summed E-state index contributed by atoms with van der Waals surface area (Å²) in [6.07, 6.45) is 3.41. The van der Waals surface area contributed by atoms with Crippen LogP contribution in [-0.2, 0) is 4.74 Å². The van der Waals surface area contributed by atoms with Gasteiger partial charge in [0.25, 0.3) is 0 Å². The third kappa shape index (κ3) is 1.77. The van der Waals surface area contributed by atoms with Gasteiger partial charge in [0.05, 0.1) is 0 Å². The van der Waals surface area contributed by atoms with E-state index < -0.39 is 6.16 Å². The summed E-state index contributed by atoms with van der Waals surface area (Å²) in [5.41, 5.74) is 0. The van der Waals surface area contributed by atoms with Crippen LogP contribution in [0.5, 0.6) is 0 Å². The molecule has 0 bridgehead atoms. The smallest absolute Gasteiger partial charge is 0.450 e. The molecular weight excluding hydrogens is 170 g/mol. The predicted octanol–water partition coefficient (Wildman–Crippen LogP) is 1.42. The Hall–Kier alpha value is -0.770. The lowest BCUT2D eigenvalue weighted by molar-refractivity contribution is 0.0140. The van der Waals surface area contributed by atoms with Gasteiger partial charge in [-0.25, -0.2) is 4.79 Å². The zero-order valence-electron chi connectivity index (χ0n) is 7.53. The number of hydrogen-bond acceptors (Lipinski definition) is 3. The maximum Gasteiger partial charge on any atom is 0.507 e. The largest absolute Gasteiger partial charge is 0.507 e. The second-order valence-electron chi connectivity index (χ2n) is 3.92. The van der Waals surface area contributed by atoms with Crippen molar-refractivity contribution >= 4 is 6.16 Å². The summed E-state index contributed by atoms with van der Waals surface area (Å²) in [5.74, 6) is 1.06. The molecule has 1 aliphatic heterocycles. The van der Waals surface area contributed by atoms with E-state index >= 15 is 0 Å². The summed E-state index contributed by atoms with van der Waals surface area (Å²) in [4.78, 5) is 10.4. The van der Waals surface area contributed by atoms with E-state index in [4.69, 9.17) is 9.84 Å². The average molecular weight is 185 g/mol. The normalized spacial score (nSPS) is 38.3. The minimum Gasteiger partial charge on any atom is -0.450 e. The molecule has 1 aliphatic carbocycles. The van der Waals surface area contributed by atoms with E-state index in [1.807, 2.05) is 0 Å². The molecule has 2 aliphatic rings. The van der Waals surface area contributed by atoms with Gasteiger partial charge in [-0.15, -0.1) is 0 Å². The molecule has 74 valence electrons. The maximum atomic E-state index is 10.4. The Balaban J connectivity index is 1.94. The van der Waals surface area contributed by atoms with Crippen molar-refractivity contribution < 1.29 is 14.6 Å². The second-order valence-corrected chi connectivity index (χ2v) is 3.92. The van der Waals surface area contributed by atoms with Gasteiger partial charge in [-0.05, 0) is 18.8 Å². The molecule has 0 aromatic rings.